The fraction of sp³-hybridized carbons (Fsp3) is 0.588. The van der Waals surface area contributed by atoms with Crippen molar-refractivity contribution in [3.05, 3.63) is 35.4 Å². The molecule has 1 fully saturated rings. The van der Waals surface area contributed by atoms with Crippen LogP contribution in [0.1, 0.15) is 31.7 Å². The van der Waals surface area contributed by atoms with Crippen LogP contribution in [-0.2, 0) is 16.6 Å². The first kappa shape index (κ1) is 20.6. The fourth-order valence-electron chi connectivity index (χ4n) is 2.91. The summed E-state index contributed by atoms with van der Waals surface area (Å²) >= 11 is 0. The van der Waals surface area contributed by atoms with Crippen LogP contribution in [-0.4, -0.2) is 50.6 Å². The van der Waals surface area contributed by atoms with E-state index in [2.05, 4.69) is 15.6 Å². The van der Waals surface area contributed by atoms with Gasteiger partial charge in [-0.2, -0.15) is 0 Å². The van der Waals surface area contributed by atoms with Crippen molar-refractivity contribution in [3.63, 3.8) is 0 Å². The molecule has 9 heteroatoms. The molecule has 1 aliphatic heterocycles. The van der Waals surface area contributed by atoms with E-state index in [9.17, 15) is 17.2 Å². The largest absolute Gasteiger partial charge is 0.354 e. The molecule has 1 saturated heterocycles. The maximum Gasteiger partial charge on any atom is 0.214 e. The Balaban J connectivity index is 1.85. The minimum atomic E-state index is -3.16. The Morgan fingerprint density at radius 3 is 2.62 bits per heavy atom. The number of piperidine rings is 1. The zero-order valence-electron chi connectivity index (χ0n) is 15.1. The molecule has 0 unspecified atom stereocenters. The van der Waals surface area contributed by atoms with Crippen LogP contribution in [0.3, 0.4) is 0 Å². The van der Waals surface area contributed by atoms with E-state index in [1.807, 2.05) is 6.92 Å². The van der Waals surface area contributed by atoms with Crippen molar-refractivity contribution in [1.82, 2.24) is 14.9 Å². The van der Waals surface area contributed by atoms with Crippen molar-refractivity contribution in [2.75, 3.05) is 25.9 Å². The van der Waals surface area contributed by atoms with E-state index in [1.165, 1.54) is 4.31 Å². The van der Waals surface area contributed by atoms with Gasteiger partial charge in [-0.1, -0.05) is 6.92 Å². The number of aliphatic imine (C=N–C) groups is 1. The van der Waals surface area contributed by atoms with Crippen LogP contribution in [0, 0.1) is 11.6 Å². The summed E-state index contributed by atoms with van der Waals surface area (Å²) in [5, 5.41) is 6.18. The summed E-state index contributed by atoms with van der Waals surface area (Å²) in [6, 6.07) is 3.39. The zero-order chi connectivity index (χ0) is 19.2. The number of rotatable bonds is 6. The Kier molecular flexibility index (Phi) is 7.33. The van der Waals surface area contributed by atoms with Gasteiger partial charge >= 0.3 is 0 Å². The molecule has 0 aliphatic carbocycles. The van der Waals surface area contributed by atoms with Crippen molar-refractivity contribution in [1.29, 1.82) is 0 Å². The molecule has 1 aromatic carbocycles. The number of nitrogens with one attached hydrogen (secondary N) is 2. The molecule has 1 aromatic rings. The molecule has 0 bridgehead atoms. The number of sulfonamides is 1. The topological polar surface area (TPSA) is 73.8 Å². The number of benzene rings is 1. The second-order valence-corrected chi connectivity index (χ2v) is 8.38. The van der Waals surface area contributed by atoms with Crippen molar-refractivity contribution >= 4 is 16.0 Å². The lowest BCUT2D eigenvalue weighted by atomic mass is 10.1. The van der Waals surface area contributed by atoms with E-state index in [0.29, 0.717) is 38.3 Å². The number of hydrogen-bond donors (Lipinski definition) is 2. The summed E-state index contributed by atoms with van der Waals surface area (Å²) in [7, 11) is -1.57. The molecule has 0 radical (unpaired) electrons. The average Bonchev–Trinajstić information content (AvgIpc) is 2.61. The van der Waals surface area contributed by atoms with Crippen molar-refractivity contribution in [3.8, 4) is 0 Å². The molecular weight excluding hydrogens is 362 g/mol. The SMILES string of the molecule is CCCS(=O)(=O)N1CCC(NC(=NC)NCc2cc(F)ccc2F)CC1. The van der Waals surface area contributed by atoms with Gasteiger partial charge in [0.05, 0.1) is 5.75 Å². The molecule has 0 spiro atoms. The van der Waals surface area contributed by atoms with Crippen LogP contribution in [0.15, 0.2) is 23.2 Å². The molecule has 26 heavy (non-hydrogen) atoms. The van der Waals surface area contributed by atoms with Crippen molar-refractivity contribution in [2.24, 2.45) is 4.99 Å². The molecule has 0 amide bonds. The molecular formula is C17H26F2N4O2S. The Labute approximate surface area is 153 Å². The Hall–Kier alpha value is -1.74. The first-order chi connectivity index (χ1) is 12.4. The van der Waals surface area contributed by atoms with Gasteiger partial charge in [-0.3, -0.25) is 4.99 Å². The molecule has 1 aliphatic rings. The molecule has 146 valence electrons. The maximum absolute atomic E-state index is 13.7. The molecule has 0 atom stereocenters. The predicted molar refractivity (Wildman–Crippen MR) is 98.4 cm³/mol. The standard InChI is InChI=1S/C17H26F2N4O2S/c1-3-10-26(24,25)23-8-6-15(7-9-23)22-17(20-2)21-12-13-11-14(18)4-5-16(13)19/h4-5,11,15H,3,6-10,12H2,1-2H3,(H2,20,21,22). The third-order valence-corrected chi connectivity index (χ3v) is 6.40. The summed E-state index contributed by atoms with van der Waals surface area (Å²) in [4.78, 5) is 4.09. The summed E-state index contributed by atoms with van der Waals surface area (Å²) in [6.07, 6.45) is 1.93. The number of hydrogen-bond acceptors (Lipinski definition) is 3. The number of halogens is 2. The fourth-order valence-corrected chi connectivity index (χ4v) is 4.45. The van der Waals surface area contributed by atoms with Crippen LogP contribution in [0.25, 0.3) is 0 Å². The lowest BCUT2D eigenvalue weighted by Crippen LogP contribution is -2.49. The van der Waals surface area contributed by atoms with E-state index < -0.39 is 21.7 Å². The quantitative estimate of drug-likeness (QED) is 0.576. The minimum absolute atomic E-state index is 0.0756. The van der Waals surface area contributed by atoms with E-state index in [0.717, 1.165) is 18.2 Å². The first-order valence-electron chi connectivity index (χ1n) is 8.74. The van der Waals surface area contributed by atoms with Gasteiger partial charge < -0.3 is 10.6 Å². The highest BCUT2D eigenvalue weighted by molar-refractivity contribution is 7.89. The van der Waals surface area contributed by atoms with Crippen LogP contribution in [0.5, 0.6) is 0 Å². The molecule has 2 N–H and O–H groups in total. The van der Waals surface area contributed by atoms with Crippen LogP contribution >= 0.6 is 0 Å². The predicted octanol–water partition coefficient (Wildman–Crippen LogP) is 1.83. The van der Waals surface area contributed by atoms with Gasteiger partial charge in [0.25, 0.3) is 0 Å². The minimum Gasteiger partial charge on any atom is -0.354 e. The van der Waals surface area contributed by atoms with Crippen molar-refractivity contribution < 1.29 is 17.2 Å². The monoisotopic (exact) mass is 388 g/mol. The third-order valence-electron chi connectivity index (χ3n) is 4.33. The summed E-state index contributed by atoms with van der Waals surface area (Å²) in [5.41, 5.74) is 0.216. The molecule has 0 saturated carbocycles. The second-order valence-electron chi connectivity index (χ2n) is 6.30. The normalized spacial score (nSPS) is 17.3. The van der Waals surface area contributed by atoms with Gasteiger partial charge in [-0.15, -0.1) is 0 Å². The smallest absolute Gasteiger partial charge is 0.214 e. The van der Waals surface area contributed by atoms with Crippen LogP contribution in [0.2, 0.25) is 0 Å². The Bertz CT molecular complexity index is 732. The second kappa shape index (κ2) is 9.27. The summed E-state index contributed by atoms with van der Waals surface area (Å²) in [5.74, 6) is -0.327. The van der Waals surface area contributed by atoms with Gasteiger partial charge in [-0.05, 0) is 37.5 Å². The number of guanidine groups is 1. The molecule has 2 rings (SSSR count). The van der Waals surface area contributed by atoms with Gasteiger partial charge in [0.15, 0.2) is 5.96 Å². The Morgan fingerprint density at radius 2 is 2.00 bits per heavy atom. The summed E-state index contributed by atoms with van der Waals surface area (Å²) in [6.45, 7) is 2.89. The first-order valence-corrected chi connectivity index (χ1v) is 10.4. The number of nitrogens with zero attached hydrogens (tertiary/aromatic N) is 2. The van der Waals surface area contributed by atoms with E-state index in [4.69, 9.17) is 0 Å². The van der Waals surface area contributed by atoms with E-state index >= 15 is 0 Å². The summed E-state index contributed by atoms with van der Waals surface area (Å²) < 4.78 is 52.6. The third kappa shape index (κ3) is 5.63. The van der Waals surface area contributed by atoms with Crippen LogP contribution < -0.4 is 10.6 Å². The lowest BCUT2D eigenvalue weighted by molar-refractivity contribution is 0.306. The van der Waals surface area contributed by atoms with Gasteiger partial charge in [-0.25, -0.2) is 21.5 Å². The maximum atomic E-state index is 13.7. The highest BCUT2D eigenvalue weighted by Gasteiger charge is 2.27. The highest BCUT2D eigenvalue weighted by Crippen LogP contribution is 2.15. The highest BCUT2D eigenvalue weighted by atomic mass is 32.2. The van der Waals surface area contributed by atoms with E-state index in [1.54, 1.807) is 7.05 Å². The van der Waals surface area contributed by atoms with Gasteiger partial charge in [0.1, 0.15) is 11.6 Å². The van der Waals surface area contributed by atoms with Gasteiger partial charge in [0.2, 0.25) is 10.0 Å². The molecule has 0 aromatic heterocycles. The zero-order valence-corrected chi connectivity index (χ0v) is 16.0. The lowest BCUT2D eigenvalue weighted by Gasteiger charge is -2.32. The van der Waals surface area contributed by atoms with Crippen molar-refractivity contribution in [2.45, 2.75) is 38.8 Å². The average molecular weight is 388 g/mol. The van der Waals surface area contributed by atoms with E-state index in [-0.39, 0.29) is 23.9 Å². The molecule has 6 nitrogen and oxygen atoms in total. The molecule has 1 heterocycles. The van der Waals surface area contributed by atoms with Gasteiger partial charge in [0, 0.05) is 38.3 Å². The Morgan fingerprint density at radius 1 is 1.31 bits per heavy atom. The van der Waals surface area contributed by atoms with Crippen LogP contribution in [0.4, 0.5) is 8.78 Å².